The molecular weight excluding hydrogens is 414 g/mol. The van der Waals surface area contributed by atoms with Gasteiger partial charge in [0.1, 0.15) is 6.61 Å². The highest BCUT2D eigenvalue weighted by atomic mass is 16.5. The quantitative estimate of drug-likeness (QED) is 0.540. The molecule has 178 valence electrons. The van der Waals surface area contributed by atoms with E-state index in [4.69, 9.17) is 10.5 Å². The minimum absolute atomic E-state index is 0.0725. The molecule has 0 bridgehead atoms. The van der Waals surface area contributed by atoms with Gasteiger partial charge in [0.25, 0.3) is 0 Å². The van der Waals surface area contributed by atoms with Crippen LogP contribution in [0.5, 0.6) is 0 Å². The molecule has 1 aliphatic carbocycles. The molecule has 0 spiro atoms. The van der Waals surface area contributed by atoms with Gasteiger partial charge in [0.05, 0.1) is 0 Å². The maximum Gasteiger partial charge on any atom is 0.411 e. The summed E-state index contributed by atoms with van der Waals surface area (Å²) in [6.45, 7) is 5.86. The number of nitrogens with zero attached hydrogens (tertiary/aromatic N) is 1. The topological polar surface area (TPSA) is 84.7 Å². The van der Waals surface area contributed by atoms with Gasteiger partial charge >= 0.3 is 6.09 Å². The molecule has 1 saturated carbocycles. The molecule has 0 aromatic heterocycles. The van der Waals surface area contributed by atoms with Crippen molar-refractivity contribution >= 4 is 17.7 Å². The van der Waals surface area contributed by atoms with Crippen LogP contribution in [0.4, 0.5) is 10.5 Å². The first-order chi connectivity index (χ1) is 15.9. The molecule has 0 heterocycles. The van der Waals surface area contributed by atoms with E-state index in [1.807, 2.05) is 59.5 Å². The molecule has 0 saturated heterocycles. The van der Waals surface area contributed by atoms with Crippen LogP contribution in [0, 0.1) is 11.3 Å². The number of hydrogen-bond donors (Lipinski definition) is 2. The van der Waals surface area contributed by atoms with E-state index in [1.54, 1.807) is 0 Å². The van der Waals surface area contributed by atoms with Gasteiger partial charge in [-0.25, -0.2) is 4.79 Å². The lowest BCUT2D eigenvalue weighted by Gasteiger charge is -2.35. The molecule has 2 aromatic rings. The van der Waals surface area contributed by atoms with Gasteiger partial charge in [-0.3, -0.25) is 10.1 Å². The van der Waals surface area contributed by atoms with Crippen molar-refractivity contribution in [2.45, 2.75) is 59.1 Å². The van der Waals surface area contributed by atoms with Crippen LogP contribution in [0.25, 0.3) is 0 Å². The lowest BCUT2D eigenvalue weighted by atomic mass is 9.86. The Morgan fingerprint density at radius 2 is 1.70 bits per heavy atom. The molecule has 2 aromatic carbocycles. The van der Waals surface area contributed by atoms with Crippen molar-refractivity contribution in [2.24, 2.45) is 17.1 Å². The van der Waals surface area contributed by atoms with E-state index in [2.05, 4.69) is 19.2 Å². The standard InChI is InChI=1S/C27H37N3O3/c1-27(2,19-28)20-30(25(31)22-13-7-4-8-14-22)17-23-15-9-10-16-24(23)29-26(32)33-18-21-11-5-3-6-12-21/h3,5-6,9-12,15-16,22H,4,7-8,13-14,17-20,28H2,1-2H3,(H,29,32). The van der Waals surface area contributed by atoms with Crippen molar-refractivity contribution in [1.29, 1.82) is 0 Å². The summed E-state index contributed by atoms with van der Waals surface area (Å²) < 4.78 is 5.39. The predicted octanol–water partition coefficient (Wildman–Crippen LogP) is 5.33. The number of amides is 2. The monoisotopic (exact) mass is 451 g/mol. The highest BCUT2D eigenvalue weighted by Gasteiger charge is 2.30. The van der Waals surface area contributed by atoms with E-state index in [9.17, 15) is 9.59 Å². The first-order valence-corrected chi connectivity index (χ1v) is 11.9. The lowest BCUT2D eigenvalue weighted by Crippen LogP contribution is -2.44. The SMILES string of the molecule is CC(C)(CN)CN(Cc1ccccc1NC(=O)OCc1ccccc1)C(=O)C1CCCCC1. The maximum atomic E-state index is 13.5. The average Bonchev–Trinajstić information content (AvgIpc) is 2.84. The number of ether oxygens (including phenoxy) is 1. The van der Waals surface area contributed by atoms with Crippen LogP contribution in [0.2, 0.25) is 0 Å². The van der Waals surface area contributed by atoms with Gasteiger partial charge in [-0.05, 0) is 42.0 Å². The fourth-order valence-electron chi connectivity index (χ4n) is 4.26. The number of carbonyl (C=O) groups is 2. The predicted molar refractivity (Wildman–Crippen MR) is 132 cm³/mol. The molecule has 2 amide bonds. The first kappa shape index (κ1) is 24.8. The van der Waals surface area contributed by atoms with E-state index in [0.29, 0.717) is 25.3 Å². The van der Waals surface area contributed by atoms with Crippen molar-refractivity contribution in [3.63, 3.8) is 0 Å². The number of carbonyl (C=O) groups excluding carboxylic acids is 2. The van der Waals surface area contributed by atoms with E-state index in [1.165, 1.54) is 6.42 Å². The second-order valence-electron chi connectivity index (χ2n) is 9.74. The number of hydrogen-bond acceptors (Lipinski definition) is 4. The lowest BCUT2D eigenvalue weighted by molar-refractivity contribution is -0.138. The van der Waals surface area contributed by atoms with Gasteiger partial charge in [0.2, 0.25) is 5.91 Å². The molecule has 1 aliphatic rings. The third-order valence-electron chi connectivity index (χ3n) is 6.27. The Labute approximate surface area is 197 Å². The van der Waals surface area contributed by atoms with Crippen LogP contribution in [-0.2, 0) is 22.7 Å². The summed E-state index contributed by atoms with van der Waals surface area (Å²) >= 11 is 0. The van der Waals surface area contributed by atoms with Crippen LogP contribution in [-0.4, -0.2) is 30.0 Å². The minimum Gasteiger partial charge on any atom is -0.444 e. The van der Waals surface area contributed by atoms with Crippen molar-refractivity contribution in [2.75, 3.05) is 18.4 Å². The Balaban J connectivity index is 1.71. The zero-order valence-electron chi connectivity index (χ0n) is 19.9. The second-order valence-corrected chi connectivity index (χ2v) is 9.74. The highest BCUT2D eigenvalue weighted by molar-refractivity contribution is 5.86. The zero-order valence-corrected chi connectivity index (χ0v) is 19.9. The minimum atomic E-state index is -0.515. The van der Waals surface area contributed by atoms with Crippen molar-refractivity contribution < 1.29 is 14.3 Å². The smallest absolute Gasteiger partial charge is 0.411 e. The molecule has 3 rings (SSSR count). The number of rotatable bonds is 9. The molecule has 0 aliphatic heterocycles. The van der Waals surface area contributed by atoms with E-state index < -0.39 is 6.09 Å². The molecule has 33 heavy (non-hydrogen) atoms. The Bertz CT molecular complexity index is 908. The van der Waals surface area contributed by atoms with Crippen LogP contribution >= 0.6 is 0 Å². The number of nitrogens with one attached hydrogen (secondary N) is 1. The molecule has 3 N–H and O–H groups in total. The maximum absolute atomic E-state index is 13.5. The molecule has 1 fully saturated rings. The first-order valence-electron chi connectivity index (χ1n) is 11.9. The van der Waals surface area contributed by atoms with E-state index in [0.717, 1.165) is 36.8 Å². The van der Waals surface area contributed by atoms with Gasteiger partial charge in [0, 0.05) is 24.7 Å². The fraction of sp³-hybridized carbons (Fsp3) is 0.481. The fourth-order valence-corrected chi connectivity index (χ4v) is 4.26. The largest absolute Gasteiger partial charge is 0.444 e. The molecule has 6 nitrogen and oxygen atoms in total. The summed E-state index contributed by atoms with van der Waals surface area (Å²) in [5.74, 6) is 0.265. The van der Waals surface area contributed by atoms with Crippen molar-refractivity contribution in [3.8, 4) is 0 Å². The van der Waals surface area contributed by atoms with Gasteiger partial charge in [-0.1, -0.05) is 81.6 Å². The average molecular weight is 452 g/mol. The number of nitrogens with two attached hydrogens (primary N) is 1. The zero-order chi connectivity index (χ0) is 23.7. The molecule has 0 radical (unpaired) electrons. The summed E-state index contributed by atoms with van der Waals surface area (Å²) in [5.41, 5.74) is 8.26. The summed E-state index contributed by atoms with van der Waals surface area (Å²) in [5, 5.41) is 2.86. The molecule has 0 unspecified atom stereocenters. The number of benzene rings is 2. The van der Waals surface area contributed by atoms with E-state index in [-0.39, 0.29) is 23.8 Å². The molecule has 0 atom stereocenters. The molecular formula is C27H37N3O3. The summed E-state index contributed by atoms with van der Waals surface area (Å²) in [6.07, 6.45) is 4.80. The van der Waals surface area contributed by atoms with Gasteiger partial charge < -0.3 is 15.4 Å². The van der Waals surface area contributed by atoms with E-state index >= 15 is 0 Å². The summed E-state index contributed by atoms with van der Waals surface area (Å²) in [4.78, 5) is 27.8. The second kappa shape index (κ2) is 11.8. The molecule has 6 heteroatoms. The Morgan fingerprint density at radius 3 is 2.39 bits per heavy atom. The van der Waals surface area contributed by atoms with Crippen LogP contribution in [0.1, 0.15) is 57.1 Å². The highest BCUT2D eigenvalue weighted by Crippen LogP contribution is 2.29. The summed E-state index contributed by atoms with van der Waals surface area (Å²) in [6, 6.07) is 17.1. The Morgan fingerprint density at radius 1 is 1.03 bits per heavy atom. The van der Waals surface area contributed by atoms with Gasteiger partial charge in [0.15, 0.2) is 0 Å². The third-order valence-corrected chi connectivity index (χ3v) is 6.27. The van der Waals surface area contributed by atoms with Gasteiger partial charge in [-0.2, -0.15) is 0 Å². The van der Waals surface area contributed by atoms with Crippen LogP contribution in [0.15, 0.2) is 54.6 Å². The number of anilines is 1. The van der Waals surface area contributed by atoms with Crippen molar-refractivity contribution in [3.05, 3.63) is 65.7 Å². The van der Waals surface area contributed by atoms with Crippen LogP contribution in [0.3, 0.4) is 0 Å². The summed E-state index contributed by atoms with van der Waals surface area (Å²) in [7, 11) is 0. The number of para-hydroxylation sites is 1. The Hall–Kier alpha value is -2.86. The Kier molecular flexibility index (Phi) is 8.89. The van der Waals surface area contributed by atoms with Crippen LogP contribution < -0.4 is 11.1 Å². The normalized spacial score (nSPS) is 14.5. The van der Waals surface area contributed by atoms with Crippen molar-refractivity contribution in [1.82, 2.24) is 4.90 Å². The third kappa shape index (κ3) is 7.60. The van der Waals surface area contributed by atoms with Gasteiger partial charge in [-0.15, -0.1) is 0 Å².